The number of hydrogen-bond donors (Lipinski definition) is 3. The van der Waals surface area contributed by atoms with E-state index >= 15 is 0 Å². The van der Waals surface area contributed by atoms with Crippen LogP contribution in [0.3, 0.4) is 0 Å². The van der Waals surface area contributed by atoms with Gasteiger partial charge in [-0.25, -0.2) is 0 Å². The van der Waals surface area contributed by atoms with Crippen molar-refractivity contribution in [3.8, 4) is 0 Å². The lowest BCUT2D eigenvalue weighted by atomic mass is 10.0. The fourth-order valence-corrected chi connectivity index (χ4v) is 9.78. The largest absolute Gasteiger partial charge is 0.466 e. The Hall–Kier alpha value is -1.92. The zero-order chi connectivity index (χ0) is 51.4. The highest BCUT2D eigenvalue weighted by Crippen LogP contribution is 2.17. The Bertz CT molecular complexity index is 1150. The van der Waals surface area contributed by atoms with Crippen molar-refractivity contribution in [2.75, 3.05) is 13.2 Å². The Labute approximate surface area is 443 Å². The lowest BCUT2D eigenvalue weighted by molar-refractivity contribution is -0.143. The van der Waals surface area contributed by atoms with Gasteiger partial charge in [0.05, 0.1) is 25.4 Å². The van der Waals surface area contributed by atoms with E-state index in [2.05, 4.69) is 43.5 Å². The van der Waals surface area contributed by atoms with Gasteiger partial charge in [0.2, 0.25) is 5.91 Å². The monoisotopic (exact) mass is 998 g/mol. The molecule has 0 fully saturated rings. The molecule has 0 radical (unpaired) electrons. The molecule has 418 valence electrons. The molecule has 3 N–H and O–H groups in total. The number of amides is 1. The van der Waals surface area contributed by atoms with Crippen molar-refractivity contribution in [1.82, 2.24) is 5.32 Å². The minimum atomic E-state index is -0.856. The van der Waals surface area contributed by atoms with E-state index in [4.69, 9.17) is 4.74 Å². The van der Waals surface area contributed by atoms with E-state index in [0.29, 0.717) is 19.4 Å². The second kappa shape index (κ2) is 60.6. The van der Waals surface area contributed by atoms with Gasteiger partial charge in [-0.3, -0.25) is 9.59 Å². The number of unbranched alkanes of at least 4 members (excludes halogenated alkanes) is 44. The number of esters is 1. The van der Waals surface area contributed by atoms with E-state index in [0.717, 1.165) is 83.5 Å². The first-order valence-corrected chi connectivity index (χ1v) is 31.8. The maximum Gasteiger partial charge on any atom is 0.305 e. The van der Waals surface area contributed by atoms with Gasteiger partial charge in [-0.05, 0) is 70.6 Å². The predicted molar refractivity (Wildman–Crippen MR) is 310 cm³/mol. The molecule has 0 aliphatic heterocycles. The van der Waals surface area contributed by atoms with E-state index in [1.54, 1.807) is 6.08 Å². The van der Waals surface area contributed by atoms with Crippen LogP contribution in [0.4, 0.5) is 0 Å². The molecule has 2 atom stereocenters. The molecule has 0 aromatic heterocycles. The summed E-state index contributed by atoms with van der Waals surface area (Å²) in [6, 6.07) is -0.641. The van der Waals surface area contributed by atoms with Crippen LogP contribution in [-0.2, 0) is 14.3 Å². The fourth-order valence-electron chi connectivity index (χ4n) is 9.78. The topological polar surface area (TPSA) is 95.9 Å². The third-order valence-electron chi connectivity index (χ3n) is 14.7. The summed E-state index contributed by atoms with van der Waals surface area (Å²) in [5.74, 6) is -0.0937. The second-order valence-electron chi connectivity index (χ2n) is 21.7. The molecule has 0 spiro atoms. The van der Waals surface area contributed by atoms with Gasteiger partial charge in [0.25, 0.3) is 0 Å². The Morgan fingerprint density at radius 2 is 0.704 bits per heavy atom. The van der Waals surface area contributed by atoms with Gasteiger partial charge in [-0.15, -0.1) is 0 Å². The predicted octanol–water partition coefficient (Wildman–Crippen LogP) is 20.0. The number of carbonyl (C=O) groups is 2. The maximum atomic E-state index is 12.5. The standard InChI is InChI=1S/C65H123NO5/c1-3-5-7-9-11-13-15-17-19-21-22-23-26-29-33-37-41-45-49-53-57-63(68)62(61-67)66-64(69)58-54-50-46-42-38-34-30-27-24-28-32-36-40-44-48-52-56-60-71-65(70)59-55-51-47-43-39-35-31-25-20-18-16-14-12-10-8-6-4-2/h24,28,36,40,53,57,62-63,67-68H,3-23,25-27,29-35,37-39,41-52,54-56,58-61H2,1-2H3,(H,66,69)/b28-24-,40-36-,57-53+. The molecule has 0 aliphatic carbocycles. The van der Waals surface area contributed by atoms with Crippen LogP contribution in [0.5, 0.6) is 0 Å². The summed E-state index contributed by atoms with van der Waals surface area (Å²) >= 11 is 0. The van der Waals surface area contributed by atoms with Crippen LogP contribution in [0, 0.1) is 0 Å². The highest BCUT2D eigenvalue weighted by molar-refractivity contribution is 5.76. The van der Waals surface area contributed by atoms with Gasteiger partial charge in [-0.2, -0.15) is 0 Å². The van der Waals surface area contributed by atoms with Gasteiger partial charge in [0.1, 0.15) is 0 Å². The second-order valence-corrected chi connectivity index (χ2v) is 21.7. The minimum absolute atomic E-state index is 0.0121. The van der Waals surface area contributed by atoms with Crippen molar-refractivity contribution in [3.05, 3.63) is 36.5 Å². The number of carbonyl (C=O) groups excluding carboxylic acids is 2. The number of rotatable bonds is 59. The quantitative estimate of drug-likeness (QED) is 0.0321. The van der Waals surface area contributed by atoms with Gasteiger partial charge < -0.3 is 20.3 Å². The summed E-state index contributed by atoms with van der Waals surface area (Å²) in [6.45, 7) is 4.89. The number of ether oxygens (including phenoxy) is 1. The van der Waals surface area contributed by atoms with Crippen LogP contribution in [-0.4, -0.2) is 47.4 Å². The van der Waals surface area contributed by atoms with E-state index in [1.165, 1.54) is 231 Å². The normalized spacial score (nSPS) is 12.8. The van der Waals surface area contributed by atoms with Crippen LogP contribution in [0.2, 0.25) is 0 Å². The Morgan fingerprint density at radius 3 is 1.07 bits per heavy atom. The van der Waals surface area contributed by atoms with E-state index < -0.39 is 12.1 Å². The van der Waals surface area contributed by atoms with Gasteiger partial charge >= 0.3 is 5.97 Å². The molecule has 0 saturated heterocycles. The number of nitrogens with one attached hydrogen (secondary N) is 1. The van der Waals surface area contributed by atoms with Gasteiger partial charge in [0.15, 0.2) is 0 Å². The number of allylic oxidation sites excluding steroid dienone is 5. The molecule has 0 rings (SSSR count). The zero-order valence-corrected chi connectivity index (χ0v) is 47.7. The highest BCUT2D eigenvalue weighted by atomic mass is 16.5. The molecule has 0 aromatic rings. The van der Waals surface area contributed by atoms with Crippen LogP contribution in [0.25, 0.3) is 0 Å². The summed E-state index contributed by atoms with van der Waals surface area (Å²) in [7, 11) is 0. The molecule has 71 heavy (non-hydrogen) atoms. The van der Waals surface area contributed by atoms with Crippen LogP contribution < -0.4 is 5.32 Å². The Morgan fingerprint density at radius 1 is 0.394 bits per heavy atom. The van der Waals surface area contributed by atoms with Gasteiger partial charge in [0, 0.05) is 12.8 Å². The Balaban J connectivity index is 3.51. The summed E-state index contributed by atoms with van der Waals surface area (Å²) in [5, 5.41) is 23.2. The first-order chi connectivity index (χ1) is 35.0. The van der Waals surface area contributed by atoms with E-state index in [9.17, 15) is 19.8 Å². The number of hydrogen-bond acceptors (Lipinski definition) is 5. The average Bonchev–Trinajstić information content (AvgIpc) is 3.37. The first kappa shape index (κ1) is 69.1. The molecule has 0 aliphatic rings. The lowest BCUT2D eigenvalue weighted by Gasteiger charge is -2.20. The van der Waals surface area contributed by atoms with Crippen LogP contribution >= 0.6 is 0 Å². The molecule has 2 unspecified atom stereocenters. The fraction of sp³-hybridized carbons (Fsp3) is 0.877. The summed E-state index contributed by atoms with van der Waals surface area (Å²) in [6.07, 6.45) is 76.1. The lowest BCUT2D eigenvalue weighted by Crippen LogP contribution is -2.45. The SMILES string of the molecule is CCCCCCCCCCCCCCCCCCCC/C=C/C(O)C(CO)NC(=O)CCCCCCCCC/C=C\C/C=C\CCCCCOC(=O)CCCCCCCCCCCCCCCCCCC. The Kier molecular flexibility index (Phi) is 59.0. The molecule has 0 saturated carbocycles. The van der Waals surface area contributed by atoms with Crippen molar-refractivity contribution in [1.29, 1.82) is 0 Å². The third-order valence-corrected chi connectivity index (χ3v) is 14.7. The minimum Gasteiger partial charge on any atom is -0.466 e. The van der Waals surface area contributed by atoms with Crippen LogP contribution in [0.15, 0.2) is 36.5 Å². The maximum absolute atomic E-state index is 12.5. The molecule has 1 amide bonds. The molecule has 6 nitrogen and oxygen atoms in total. The summed E-state index contributed by atoms with van der Waals surface area (Å²) < 4.78 is 5.47. The van der Waals surface area contributed by atoms with Crippen molar-refractivity contribution in [2.45, 2.75) is 353 Å². The van der Waals surface area contributed by atoms with Crippen molar-refractivity contribution in [2.24, 2.45) is 0 Å². The molecule has 0 bridgehead atoms. The molecular formula is C65H123NO5. The summed E-state index contributed by atoms with van der Waals surface area (Å²) in [5.41, 5.74) is 0. The van der Waals surface area contributed by atoms with Crippen molar-refractivity contribution < 1.29 is 24.5 Å². The third kappa shape index (κ3) is 57.2. The zero-order valence-electron chi connectivity index (χ0n) is 47.7. The first-order valence-electron chi connectivity index (χ1n) is 31.8. The van der Waals surface area contributed by atoms with E-state index in [1.807, 2.05) is 6.08 Å². The van der Waals surface area contributed by atoms with Crippen molar-refractivity contribution in [3.63, 3.8) is 0 Å². The van der Waals surface area contributed by atoms with Gasteiger partial charge in [-0.1, -0.05) is 294 Å². The molecule has 0 aromatic carbocycles. The summed E-state index contributed by atoms with van der Waals surface area (Å²) in [4.78, 5) is 24.6. The van der Waals surface area contributed by atoms with Crippen LogP contribution in [0.1, 0.15) is 341 Å². The number of aliphatic hydroxyl groups is 2. The van der Waals surface area contributed by atoms with E-state index in [-0.39, 0.29) is 18.5 Å². The number of aliphatic hydroxyl groups excluding tert-OH is 2. The average molecular weight is 999 g/mol. The smallest absolute Gasteiger partial charge is 0.305 e. The molecular weight excluding hydrogens is 875 g/mol. The highest BCUT2D eigenvalue weighted by Gasteiger charge is 2.18. The van der Waals surface area contributed by atoms with Crippen molar-refractivity contribution >= 4 is 11.9 Å². The molecule has 0 heterocycles. The molecule has 6 heteroatoms.